The van der Waals surface area contributed by atoms with Crippen molar-refractivity contribution in [2.75, 3.05) is 13.1 Å². The summed E-state index contributed by atoms with van der Waals surface area (Å²) in [5, 5.41) is 17.0. The van der Waals surface area contributed by atoms with E-state index >= 15 is 0 Å². The van der Waals surface area contributed by atoms with Crippen LogP contribution in [0.1, 0.15) is 45.2 Å². The molecule has 3 aliphatic rings. The summed E-state index contributed by atoms with van der Waals surface area (Å²) in [6, 6.07) is 4.43. The number of aromatic nitrogens is 3. The molecular weight excluding hydrogens is 402 g/mol. The molecule has 0 radical (unpaired) electrons. The van der Waals surface area contributed by atoms with Crippen LogP contribution in [0.5, 0.6) is 0 Å². The van der Waals surface area contributed by atoms with Crippen LogP contribution >= 0.6 is 0 Å². The molecule has 1 aromatic carbocycles. The van der Waals surface area contributed by atoms with Crippen molar-refractivity contribution in [2.24, 2.45) is 0 Å². The number of carbonyl (C=O) groups excluding carboxylic acids is 4. The largest absolute Gasteiger partial charge is 0.313 e. The molecule has 0 spiro atoms. The third kappa shape index (κ3) is 3.41. The summed E-state index contributed by atoms with van der Waals surface area (Å²) >= 11 is 0. The molecule has 2 fully saturated rings. The number of nitrogens with one attached hydrogen (secondary N) is 3. The molecule has 2 saturated heterocycles. The van der Waals surface area contributed by atoms with E-state index < -0.39 is 29.7 Å². The molecule has 0 aliphatic carbocycles. The minimum atomic E-state index is -0.959. The zero-order chi connectivity index (χ0) is 21.5. The first-order valence-corrected chi connectivity index (χ1v) is 10.2. The first-order valence-electron chi connectivity index (χ1n) is 10.2. The van der Waals surface area contributed by atoms with Crippen LogP contribution in [0.3, 0.4) is 0 Å². The zero-order valence-electron chi connectivity index (χ0n) is 16.6. The Morgan fingerprint density at radius 1 is 1.10 bits per heavy atom. The van der Waals surface area contributed by atoms with Gasteiger partial charge in [-0.05, 0) is 24.1 Å². The fraction of sp³-hybridized carbons (Fsp3) is 0.400. The Labute approximate surface area is 177 Å². The van der Waals surface area contributed by atoms with E-state index in [9.17, 15) is 19.2 Å². The number of amides is 4. The average molecular weight is 423 g/mol. The number of nitrogens with zero attached hydrogens (tertiary/aromatic N) is 4. The van der Waals surface area contributed by atoms with Gasteiger partial charge in [-0.2, -0.15) is 0 Å². The molecule has 5 rings (SSSR count). The number of piperidine rings is 1. The number of imide groups is 2. The summed E-state index contributed by atoms with van der Waals surface area (Å²) in [5.41, 5.74) is 1.42. The van der Waals surface area contributed by atoms with Gasteiger partial charge in [-0.3, -0.25) is 29.4 Å². The lowest BCUT2D eigenvalue weighted by Crippen LogP contribution is -2.54. The van der Waals surface area contributed by atoms with Crippen molar-refractivity contribution >= 4 is 23.6 Å². The summed E-state index contributed by atoms with van der Waals surface area (Å²) in [6.45, 7) is 2.06. The van der Waals surface area contributed by atoms with Gasteiger partial charge in [0.05, 0.1) is 23.4 Å². The standard InChI is InChI=1S/C20H21N7O4/c28-17-4-3-15(18(29)24-17)27-19(30)12-2-1-11(7-13(12)20(27)31)8-22-14-9-21-10-16(14)26-6-5-23-25-26/h1-2,5-7,14-16,21-22H,3-4,8-10H2,(H,24,28,29)/t14-,15?,16+/m1/s1. The second-order valence-electron chi connectivity index (χ2n) is 7.92. The van der Waals surface area contributed by atoms with Crippen molar-refractivity contribution in [1.82, 2.24) is 35.8 Å². The molecule has 0 saturated carbocycles. The monoisotopic (exact) mass is 423 g/mol. The summed E-state index contributed by atoms with van der Waals surface area (Å²) in [4.78, 5) is 50.3. The minimum Gasteiger partial charge on any atom is -0.313 e. The smallest absolute Gasteiger partial charge is 0.262 e. The van der Waals surface area contributed by atoms with Crippen LogP contribution in [-0.2, 0) is 16.1 Å². The fourth-order valence-corrected chi connectivity index (χ4v) is 4.42. The van der Waals surface area contributed by atoms with Crippen molar-refractivity contribution in [3.63, 3.8) is 0 Å². The third-order valence-electron chi connectivity index (χ3n) is 6.04. The van der Waals surface area contributed by atoms with Crippen LogP contribution in [0, 0.1) is 0 Å². The highest BCUT2D eigenvalue weighted by Gasteiger charge is 2.44. The Bertz CT molecular complexity index is 1070. The quantitative estimate of drug-likeness (QED) is 0.520. The van der Waals surface area contributed by atoms with E-state index in [0.717, 1.165) is 23.6 Å². The van der Waals surface area contributed by atoms with E-state index in [1.54, 1.807) is 24.4 Å². The number of carbonyl (C=O) groups is 4. The van der Waals surface area contributed by atoms with Crippen molar-refractivity contribution in [3.8, 4) is 0 Å². The Kier molecular flexibility index (Phi) is 4.83. The van der Waals surface area contributed by atoms with Crippen LogP contribution in [0.2, 0.25) is 0 Å². The number of fused-ring (bicyclic) bond motifs is 1. The molecule has 4 amide bonds. The van der Waals surface area contributed by atoms with Gasteiger partial charge >= 0.3 is 0 Å². The molecule has 1 unspecified atom stereocenters. The molecule has 160 valence electrons. The van der Waals surface area contributed by atoms with Gasteiger partial charge < -0.3 is 10.6 Å². The Morgan fingerprint density at radius 2 is 1.94 bits per heavy atom. The van der Waals surface area contributed by atoms with Crippen molar-refractivity contribution in [1.29, 1.82) is 0 Å². The van der Waals surface area contributed by atoms with Crippen LogP contribution in [-0.4, -0.2) is 68.7 Å². The molecular formula is C20H21N7O4. The highest BCUT2D eigenvalue weighted by atomic mass is 16.2. The van der Waals surface area contributed by atoms with E-state index in [0.29, 0.717) is 6.54 Å². The molecule has 4 heterocycles. The van der Waals surface area contributed by atoms with Gasteiger partial charge in [0.25, 0.3) is 11.8 Å². The van der Waals surface area contributed by atoms with Crippen molar-refractivity contribution in [3.05, 3.63) is 47.3 Å². The second kappa shape index (κ2) is 7.67. The van der Waals surface area contributed by atoms with Gasteiger partial charge in [0.15, 0.2) is 0 Å². The molecule has 3 aliphatic heterocycles. The van der Waals surface area contributed by atoms with Crippen LogP contribution in [0.4, 0.5) is 0 Å². The van der Waals surface area contributed by atoms with Gasteiger partial charge in [-0.15, -0.1) is 5.10 Å². The predicted molar refractivity (Wildman–Crippen MR) is 106 cm³/mol. The molecule has 0 bridgehead atoms. The fourth-order valence-electron chi connectivity index (χ4n) is 4.42. The number of benzene rings is 1. The Morgan fingerprint density at radius 3 is 2.71 bits per heavy atom. The lowest BCUT2D eigenvalue weighted by atomic mass is 10.0. The second-order valence-corrected chi connectivity index (χ2v) is 7.92. The van der Waals surface area contributed by atoms with E-state index in [-0.39, 0.29) is 36.1 Å². The minimum absolute atomic E-state index is 0.0986. The summed E-state index contributed by atoms with van der Waals surface area (Å²) in [6.07, 6.45) is 3.71. The lowest BCUT2D eigenvalue weighted by Gasteiger charge is -2.27. The van der Waals surface area contributed by atoms with Gasteiger partial charge in [-0.1, -0.05) is 11.3 Å². The van der Waals surface area contributed by atoms with E-state index in [1.165, 1.54) is 0 Å². The van der Waals surface area contributed by atoms with Crippen LogP contribution in [0.25, 0.3) is 0 Å². The van der Waals surface area contributed by atoms with Crippen molar-refractivity contribution in [2.45, 2.75) is 37.5 Å². The maximum absolute atomic E-state index is 12.9. The molecule has 11 nitrogen and oxygen atoms in total. The topological polar surface area (TPSA) is 138 Å². The normalized spacial score (nSPS) is 25.8. The Balaban J connectivity index is 1.30. The van der Waals surface area contributed by atoms with Crippen molar-refractivity contribution < 1.29 is 19.2 Å². The average Bonchev–Trinajstić information content (AvgIpc) is 3.48. The lowest BCUT2D eigenvalue weighted by molar-refractivity contribution is -0.136. The number of hydrogen-bond donors (Lipinski definition) is 3. The summed E-state index contributed by atoms with van der Waals surface area (Å²) < 4.78 is 1.82. The third-order valence-corrected chi connectivity index (χ3v) is 6.04. The molecule has 2 aromatic rings. The Hall–Kier alpha value is -3.44. The van der Waals surface area contributed by atoms with Gasteiger partial charge in [0.2, 0.25) is 11.8 Å². The summed E-state index contributed by atoms with van der Waals surface area (Å²) in [7, 11) is 0. The molecule has 1 aromatic heterocycles. The summed E-state index contributed by atoms with van der Waals surface area (Å²) in [5.74, 6) is -2.00. The molecule has 11 heteroatoms. The molecule has 31 heavy (non-hydrogen) atoms. The highest BCUT2D eigenvalue weighted by Crippen LogP contribution is 2.28. The van der Waals surface area contributed by atoms with E-state index in [1.807, 2.05) is 10.9 Å². The van der Waals surface area contributed by atoms with Crippen LogP contribution < -0.4 is 16.0 Å². The maximum Gasteiger partial charge on any atom is 0.262 e. The van der Waals surface area contributed by atoms with Crippen LogP contribution in [0.15, 0.2) is 30.6 Å². The number of rotatable bonds is 5. The first kappa shape index (κ1) is 19.5. The zero-order valence-corrected chi connectivity index (χ0v) is 16.6. The maximum atomic E-state index is 12.9. The van der Waals surface area contributed by atoms with Gasteiger partial charge in [0, 0.05) is 38.3 Å². The molecule has 3 N–H and O–H groups in total. The van der Waals surface area contributed by atoms with E-state index in [4.69, 9.17) is 0 Å². The highest BCUT2D eigenvalue weighted by molar-refractivity contribution is 6.23. The van der Waals surface area contributed by atoms with E-state index in [2.05, 4.69) is 26.3 Å². The number of hydrogen-bond acceptors (Lipinski definition) is 8. The molecule has 3 atom stereocenters. The van der Waals surface area contributed by atoms with Gasteiger partial charge in [0.1, 0.15) is 6.04 Å². The SMILES string of the molecule is O=C1CCC(N2C(=O)c3ccc(CN[C@@H]4CNC[C@@H]4n4ccnn4)cc3C2=O)C(=O)N1. The van der Waals surface area contributed by atoms with Gasteiger partial charge in [-0.25, -0.2) is 4.68 Å². The predicted octanol–water partition coefficient (Wildman–Crippen LogP) is -1.02. The first-order chi connectivity index (χ1) is 15.0.